The number of carbonyl (C=O) groups excluding carboxylic acids is 1. The fourth-order valence-electron chi connectivity index (χ4n) is 2.38. The van der Waals surface area contributed by atoms with Gasteiger partial charge in [0.25, 0.3) is 5.91 Å². The van der Waals surface area contributed by atoms with Crippen LogP contribution in [-0.4, -0.2) is 53.7 Å². The van der Waals surface area contributed by atoms with Gasteiger partial charge in [0.15, 0.2) is 0 Å². The lowest BCUT2D eigenvalue weighted by Gasteiger charge is -2.11. The summed E-state index contributed by atoms with van der Waals surface area (Å²) in [5, 5.41) is 2.79. The molecule has 2 heterocycles. The molecule has 0 fully saturated rings. The summed E-state index contributed by atoms with van der Waals surface area (Å²) in [4.78, 5) is 27.0. The van der Waals surface area contributed by atoms with Crippen molar-refractivity contribution in [3.05, 3.63) is 48.8 Å². The van der Waals surface area contributed by atoms with Crippen molar-refractivity contribution in [3.8, 4) is 17.3 Å². The molecule has 140 valence electrons. The standard InChI is InChI=1S/C18H20N6O3/c1-23(2)16-8-17(20-10-19-16)24-9-14(21-11-24)18(25)22-13-6-5-12(26-3)7-15(13)27-4/h5-11H,1-4H3,(H,22,25). The maximum atomic E-state index is 12.5. The normalized spacial score (nSPS) is 10.4. The zero-order chi connectivity index (χ0) is 19.4. The Hall–Kier alpha value is -3.62. The molecule has 1 N–H and O–H groups in total. The van der Waals surface area contributed by atoms with Crippen molar-refractivity contribution in [1.29, 1.82) is 0 Å². The minimum Gasteiger partial charge on any atom is -0.497 e. The lowest BCUT2D eigenvalue weighted by molar-refractivity contribution is 0.102. The van der Waals surface area contributed by atoms with Crippen molar-refractivity contribution in [2.75, 3.05) is 38.5 Å². The number of nitrogens with one attached hydrogen (secondary N) is 1. The maximum Gasteiger partial charge on any atom is 0.275 e. The highest BCUT2D eigenvalue weighted by Crippen LogP contribution is 2.29. The van der Waals surface area contributed by atoms with Crippen LogP contribution in [0.4, 0.5) is 11.5 Å². The van der Waals surface area contributed by atoms with E-state index >= 15 is 0 Å². The van der Waals surface area contributed by atoms with E-state index in [4.69, 9.17) is 9.47 Å². The third-order valence-corrected chi connectivity index (χ3v) is 3.83. The largest absolute Gasteiger partial charge is 0.497 e. The van der Waals surface area contributed by atoms with Gasteiger partial charge < -0.3 is 19.7 Å². The van der Waals surface area contributed by atoms with Crippen molar-refractivity contribution >= 4 is 17.4 Å². The highest BCUT2D eigenvalue weighted by molar-refractivity contribution is 6.03. The molecule has 0 saturated heterocycles. The number of anilines is 2. The van der Waals surface area contributed by atoms with Crippen molar-refractivity contribution in [1.82, 2.24) is 19.5 Å². The second kappa shape index (κ2) is 7.73. The van der Waals surface area contributed by atoms with E-state index in [1.54, 1.807) is 42.1 Å². The minimum atomic E-state index is -0.362. The van der Waals surface area contributed by atoms with Gasteiger partial charge in [-0.2, -0.15) is 0 Å². The summed E-state index contributed by atoms with van der Waals surface area (Å²) in [6.07, 6.45) is 4.60. The highest BCUT2D eigenvalue weighted by atomic mass is 16.5. The maximum absolute atomic E-state index is 12.5. The Balaban J connectivity index is 1.81. The second-order valence-electron chi connectivity index (χ2n) is 5.82. The molecular formula is C18H20N6O3. The second-order valence-corrected chi connectivity index (χ2v) is 5.82. The molecule has 0 spiro atoms. The van der Waals surface area contributed by atoms with Crippen molar-refractivity contribution < 1.29 is 14.3 Å². The average Bonchev–Trinajstić information content (AvgIpc) is 3.18. The van der Waals surface area contributed by atoms with Crippen molar-refractivity contribution in [2.24, 2.45) is 0 Å². The Morgan fingerprint density at radius 3 is 2.63 bits per heavy atom. The van der Waals surface area contributed by atoms with Crippen LogP contribution in [0.2, 0.25) is 0 Å². The van der Waals surface area contributed by atoms with Gasteiger partial charge in [-0.25, -0.2) is 15.0 Å². The fraction of sp³-hybridized carbons (Fsp3) is 0.222. The van der Waals surface area contributed by atoms with Gasteiger partial charge in [0.05, 0.1) is 19.9 Å². The monoisotopic (exact) mass is 368 g/mol. The molecule has 0 aliphatic carbocycles. The number of rotatable bonds is 6. The third-order valence-electron chi connectivity index (χ3n) is 3.83. The predicted molar refractivity (Wildman–Crippen MR) is 101 cm³/mol. The molecule has 2 aromatic heterocycles. The molecule has 1 amide bonds. The van der Waals surface area contributed by atoms with Gasteiger partial charge in [-0.15, -0.1) is 0 Å². The van der Waals surface area contributed by atoms with E-state index in [1.165, 1.54) is 19.8 Å². The SMILES string of the molecule is COc1ccc(NC(=O)c2cn(-c3cc(N(C)C)ncn3)cn2)c(OC)c1. The van der Waals surface area contributed by atoms with Gasteiger partial charge in [0, 0.05) is 32.4 Å². The smallest absolute Gasteiger partial charge is 0.275 e. The van der Waals surface area contributed by atoms with Gasteiger partial charge >= 0.3 is 0 Å². The third kappa shape index (κ3) is 3.97. The Kier molecular flexibility index (Phi) is 5.20. The Bertz CT molecular complexity index is 954. The highest BCUT2D eigenvalue weighted by Gasteiger charge is 2.14. The Morgan fingerprint density at radius 1 is 1.11 bits per heavy atom. The molecular weight excluding hydrogens is 348 g/mol. The number of benzene rings is 1. The van der Waals surface area contributed by atoms with Gasteiger partial charge in [0.2, 0.25) is 0 Å². The molecule has 0 aliphatic heterocycles. The summed E-state index contributed by atoms with van der Waals surface area (Å²) in [5.41, 5.74) is 0.771. The zero-order valence-corrected chi connectivity index (χ0v) is 15.5. The van der Waals surface area contributed by atoms with Crippen LogP contribution in [-0.2, 0) is 0 Å². The van der Waals surface area contributed by atoms with E-state index in [-0.39, 0.29) is 11.6 Å². The molecule has 0 bridgehead atoms. The average molecular weight is 368 g/mol. The minimum absolute atomic E-state index is 0.248. The molecule has 9 heteroatoms. The van der Waals surface area contributed by atoms with Crippen LogP contribution in [0.15, 0.2) is 43.1 Å². The van der Waals surface area contributed by atoms with Gasteiger partial charge in [-0.1, -0.05) is 0 Å². The van der Waals surface area contributed by atoms with Crippen LogP contribution < -0.4 is 19.7 Å². The van der Waals surface area contributed by atoms with Crippen LogP contribution >= 0.6 is 0 Å². The summed E-state index contributed by atoms with van der Waals surface area (Å²) in [5.74, 6) is 2.13. The molecule has 0 aliphatic rings. The van der Waals surface area contributed by atoms with Gasteiger partial charge in [-0.3, -0.25) is 9.36 Å². The number of ether oxygens (including phenoxy) is 2. The van der Waals surface area contributed by atoms with Crippen LogP contribution in [0.1, 0.15) is 10.5 Å². The first-order chi connectivity index (χ1) is 13.0. The molecule has 27 heavy (non-hydrogen) atoms. The predicted octanol–water partition coefficient (Wildman–Crippen LogP) is 2.00. The molecule has 3 rings (SSSR count). The van der Waals surface area contributed by atoms with E-state index in [9.17, 15) is 4.79 Å². The van der Waals surface area contributed by atoms with E-state index < -0.39 is 0 Å². The number of methoxy groups -OCH3 is 2. The molecule has 3 aromatic rings. The van der Waals surface area contributed by atoms with Crippen LogP contribution in [0, 0.1) is 0 Å². The number of carbonyl (C=O) groups is 1. The van der Waals surface area contributed by atoms with E-state index in [1.807, 2.05) is 19.0 Å². The Morgan fingerprint density at radius 2 is 1.93 bits per heavy atom. The summed E-state index contributed by atoms with van der Waals surface area (Å²) in [6.45, 7) is 0. The molecule has 0 atom stereocenters. The lowest BCUT2D eigenvalue weighted by Crippen LogP contribution is -2.13. The van der Waals surface area contributed by atoms with E-state index in [0.29, 0.717) is 23.0 Å². The Labute approximate surface area is 156 Å². The van der Waals surface area contributed by atoms with Gasteiger partial charge in [0.1, 0.15) is 41.5 Å². The van der Waals surface area contributed by atoms with Crippen molar-refractivity contribution in [3.63, 3.8) is 0 Å². The quantitative estimate of drug-likeness (QED) is 0.711. The van der Waals surface area contributed by atoms with E-state index in [2.05, 4.69) is 20.3 Å². The molecule has 1 aromatic carbocycles. The molecule has 0 radical (unpaired) electrons. The molecule has 9 nitrogen and oxygen atoms in total. The lowest BCUT2D eigenvalue weighted by atomic mass is 10.2. The molecule has 0 saturated carbocycles. The first-order valence-electron chi connectivity index (χ1n) is 8.09. The topological polar surface area (TPSA) is 94.4 Å². The number of aromatic nitrogens is 4. The van der Waals surface area contributed by atoms with Crippen molar-refractivity contribution in [2.45, 2.75) is 0 Å². The first-order valence-corrected chi connectivity index (χ1v) is 8.09. The summed E-state index contributed by atoms with van der Waals surface area (Å²) >= 11 is 0. The van der Waals surface area contributed by atoms with E-state index in [0.717, 1.165) is 5.82 Å². The van der Waals surface area contributed by atoms with Crippen LogP contribution in [0.3, 0.4) is 0 Å². The summed E-state index contributed by atoms with van der Waals surface area (Å²) in [6, 6.07) is 6.94. The number of nitrogens with zero attached hydrogens (tertiary/aromatic N) is 5. The molecule has 0 unspecified atom stereocenters. The summed E-state index contributed by atoms with van der Waals surface area (Å²) < 4.78 is 12.1. The fourth-order valence-corrected chi connectivity index (χ4v) is 2.38. The van der Waals surface area contributed by atoms with Crippen LogP contribution in [0.25, 0.3) is 5.82 Å². The zero-order valence-electron chi connectivity index (χ0n) is 15.5. The first kappa shape index (κ1) is 18.2. The number of hydrogen-bond acceptors (Lipinski definition) is 7. The number of amides is 1. The number of imidazole rings is 1. The summed E-state index contributed by atoms with van der Waals surface area (Å²) in [7, 11) is 6.87. The van der Waals surface area contributed by atoms with Crippen LogP contribution in [0.5, 0.6) is 11.5 Å². The number of hydrogen-bond donors (Lipinski definition) is 1. The van der Waals surface area contributed by atoms with Gasteiger partial charge in [-0.05, 0) is 12.1 Å².